The second kappa shape index (κ2) is 5.68. The molecular weight excluding hydrogens is 285 g/mol. The van der Waals surface area contributed by atoms with E-state index in [2.05, 4.69) is 0 Å². The molecule has 0 radical (unpaired) electrons. The van der Waals surface area contributed by atoms with Crippen molar-refractivity contribution in [3.63, 3.8) is 0 Å². The van der Waals surface area contributed by atoms with Crippen LogP contribution >= 0.6 is 0 Å². The third-order valence-electron chi connectivity index (χ3n) is 4.63. The minimum atomic E-state index is -0.468. The topological polar surface area (TPSA) is 66.6 Å². The Morgan fingerprint density at radius 2 is 2.18 bits per heavy atom. The summed E-state index contributed by atoms with van der Waals surface area (Å²) < 4.78 is 13.5. The summed E-state index contributed by atoms with van der Waals surface area (Å²) in [4.78, 5) is 28.1. The number of carbonyl (C=O) groups excluding carboxylic acids is 2. The summed E-state index contributed by atoms with van der Waals surface area (Å²) in [6, 6.07) is 5.72. The molecule has 0 spiro atoms. The number of rotatable bonds is 2. The van der Waals surface area contributed by atoms with Gasteiger partial charge in [-0.05, 0) is 24.1 Å². The number of halogens is 1. The van der Waals surface area contributed by atoms with Crippen molar-refractivity contribution in [2.75, 3.05) is 20.1 Å². The third-order valence-corrected chi connectivity index (χ3v) is 4.63. The Bertz CT molecular complexity index is 607. The molecule has 3 atom stereocenters. The molecule has 0 unspecified atom stereocenters. The van der Waals surface area contributed by atoms with Crippen molar-refractivity contribution < 1.29 is 14.0 Å². The van der Waals surface area contributed by atoms with Gasteiger partial charge in [0.15, 0.2) is 0 Å². The first kappa shape index (κ1) is 15.0. The Hall–Kier alpha value is -1.95. The van der Waals surface area contributed by atoms with Gasteiger partial charge in [-0.25, -0.2) is 4.39 Å². The van der Waals surface area contributed by atoms with E-state index in [0.717, 1.165) is 6.42 Å². The molecule has 0 bridgehead atoms. The predicted octanol–water partition coefficient (Wildman–Crippen LogP) is 0.905. The molecule has 2 amide bonds. The van der Waals surface area contributed by atoms with Gasteiger partial charge in [0.2, 0.25) is 11.8 Å². The zero-order valence-electron chi connectivity index (χ0n) is 12.5. The number of amides is 2. The first-order valence-electron chi connectivity index (χ1n) is 7.53. The van der Waals surface area contributed by atoms with Crippen LogP contribution in [0.1, 0.15) is 24.4 Å². The molecule has 2 N–H and O–H groups in total. The van der Waals surface area contributed by atoms with Gasteiger partial charge in [-0.1, -0.05) is 12.1 Å². The number of benzene rings is 1. The molecule has 3 rings (SSSR count). The first-order valence-corrected chi connectivity index (χ1v) is 7.53. The fraction of sp³-hybridized carbons (Fsp3) is 0.500. The molecular formula is C16H20FN3O2. The van der Waals surface area contributed by atoms with E-state index in [1.807, 2.05) is 0 Å². The number of carbonyl (C=O) groups is 2. The SMILES string of the molecule is CN1C(=O)C[C@H](C(=O)N2CC[C@H](N)C2)[C@H]1c1cccc(F)c1. The normalized spacial score (nSPS) is 28.5. The minimum absolute atomic E-state index is 0.00593. The summed E-state index contributed by atoms with van der Waals surface area (Å²) in [7, 11) is 1.67. The van der Waals surface area contributed by atoms with Gasteiger partial charge in [0.25, 0.3) is 0 Å². The summed E-state index contributed by atoms with van der Waals surface area (Å²) in [5.74, 6) is -0.972. The van der Waals surface area contributed by atoms with Gasteiger partial charge in [0.05, 0.1) is 12.0 Å². The molecule has 22 heavy (non-hydrogen) atoms. The molecule has 0 saturated carbocycles. The van der Waals surface area contributed by atoms with E-state index in [-0.39, 0.29) is 30.1 Å². The van der Waals surface area contributed by atoms with Gasteiger partial charge in [-0.15, -0.1) is 0 Å². The van der Waals surface area contributed by atoms with E-state index in [1.54, 1.807) is 29.0 Å². The highest BCUT2D eigenvalue weighted by atomic mass is 19.1. The number of nitrogens with two attached hydrogens (primary N) is 1. The Kier molecular flexibility index (Phi) is 3.87. The Morgan fingerprint density at radius 1 is 1.41 bits per heavy atom. The van der Waals surface area contributed by atoms with Crippen LogP contribution in [0.5, 0.6) is 0 Å². The summed E-state index contributed by atoms with van der Waals surface area (Å²) in [6.07, 6.45) is 0.954. The first-order chi connectivity index (χ1) is 10.5. The highest BCUT2D eigenvalue weighted by Crippen LogP contribution is 2.38. The largest absolute Gasteiger partial charge is 0.341 e. The van der Waals surface area contributed by atoms with E-state index in [9.17, 15) is 14.0 Å². The lowest BCUT2D eigenvalue weighted by molar-refractivity contribution is -0.135. The van der Waals surface area contributed by atoms with Crippen LogP contribution < -0.4 is 5.73 Å². The fourth-order valence-corrected chi connectivity index (χ4v) is 3.46. The van der Waals surface area contributed by atoms with Crippen molar-refractivity contribution >= 4 is 11.8 Å². The van der Waals surface area contributed by atoms with Crippen LogP contribution in [0.25, 0.3) is 0 Å². The molecule has 6 heteroatoms. The minimum Gasteiger partial charge on any atom is -0.341 e. The lowest BCUT2D eigenvalue weighted by Gasteiger charge is -2.27. The van der Waals surface area contributed by atoms with E-state index in [0.29, 0.717) is 18.7 Å². The molecule has 118 valence electrons. The molecule has 2 saturated heterocycles. The summed E-state index contributed by atoms with van der Waals surface area (Å²) >= 11 is 0. The van der Waals surface area contributed by atoms with Crippen molar-refractivity contribution in [2.24, 2.45) is 11.7 Å². The lowest BCUT2D eigenvalue weighted by Crippen LogP contribution is -2.38. The van der Waals surface area contributed by atoms with E-state index in [4.69, 9.17) is 5.73 Å². The average molecular weight is 305 g/mol. The molecule has 5 nitrogen and oxygen atoms in total. The number of likely N-dealkylation sites (tertiary alicyclic amines) is 2. The summed E-state index contributed by atoms with van der Waals surface area (Å²) in [5.41, 5.74) is 6.52. The zero-order chi connectivity index (χ0) is 15.9. The highest BCUT2D eigenvalue weighted by molar-refractivity contribution is 5.90. The monoisotopic (exact) mass is 305 g/mol. The molecule has 2 fully saturated rings. The van der Waals surface area contributed by atoms with Gasteiger partial charge in [-0.2, -0.15) is 0 Å². The van der Waals surface area contributed by atoms with Crippen molar-refractivity contribution in [3.05, 3.63) is 35.6 Å². The molecule has 2 heterocycles. The second-order valence-corrected chi connectivity index (χ2v) is 6.15. The van der Waals surface area contributed by atoms with Crippen LogP contribution in [0.4, 0.5) is 4.39 Å². The average Bonchev–Trinajstić information content (AvgIpc) is 3.03. The quantitative estimate of drug-likeness (QED) is 0.883. The number of nitrogens with zero attached hydrogens (tertiary/aromatic N) is 2. The van der Waals surface area contributed by atoms with Gasteiger partial charge < -0.3 is 15.5 Å². The van der Waals surface area contributed by atoms with Gasteiger partial charge in [-0.3, -0.25) is 9.59 Å². The Labute approximate surface area is 128 Å². The molecule has 2 aliphatic rings. The molecule has 1 aromatic carbocycles. The molecule has 1 aromatic rings. The van der Waals surface area contributed by atoms with Crippen LogP contribution in [-0.4, -0.2) is 47.8 Å². The Balaban J connectivity index is 1.88. The maximum absolute atomic E-state index is 13.5. The van der Waals surface area contributed by atoms with Crippen molar-refractivity contribution in [2.45, 2.75) is 24.9 Å². The fourth-order valence-electron chi connectivity index (χ4n) is 3.46. The van der Waals surface area contributed by atoms with Gasteiger partial charge in [0.1, 0.15) is 5.82 Å². The van der Waals surface area contributed by atoms with Gasteiger partial charge >= 0.3 is 0 Å². The Morgan fingerprint density at radius 3 is 2.82 bits per heavy atom. The second-order valence-electron chi connectivity index (χ2n) is 6.15. The van der Waals surface area contributed by atoms with Crippen LogP contribution in [-0.2, 0) is 9.59 Å². The van der Waals surface area contributed by atoms with E-state index in [1.165, 1.54) is 12.1 Å². The smallest absolute Gasteiger partial charge is 0.228 e. The molecule has 0 aliphatic carbocycles. The van der Waals surface area contributed by atoms with E-state index >= 15 is 0 Å². The summed E-state index contributed by atoms with van der Waals surface area (Å²) in [5, 5.41) is 0. The molecule has 0 aromatic heterocycles. The van der Waals surface area contributed by atoms with Crippen LogP contribution in [0, 0.1) is 11.7 Å². The maximum Gasteiger partial charge on any atom is 0.228 e. The maximum atomic E-state index is 13.5. The summed E-state index contributed by atoms with van der Waals surface area (Å²) in [6.45, 7) is 1.16. The third kappa shape index (κ3) is 2.59. The van der Waals surface area contributed by atoms with Crippen LogP contribution in [0.3, 0.4) is 0 Å². The van der Waals surface area contributed by atoms with Crippen molar-refractivity contribution in [1.29, 1.82) is 0 Å². The van der Waals surface area contributed by atoms with Crippen molar-refractivity contribution in [1.82, 2.24) is 9.80 Å². The van der Waals surface area contributed by atoms with Crippen molar-refractivity contribution in [3.8, 4) is 0 Å². The number of hydrogen-bond acceptors (Lipinski definition) is 3. The zero-order valence-corrected chi connectivity index (χ0v) is 12.5. The standard InChI is InChI=1S/C16H20FN3O2/c1-19-14(21)8-13(16(22)20-6-5-12(18)9-20)15(19)10-3-2-4-11(17)7-10/h2-4,7,12-13,15H,5-6,8-9,18H2,1H3/t12-,13-,15+/m0/s1. The van der Waals surface area contributed by atoms with Crippen LogP contribution in [0.15, 0.2) is 24.3 Å². The molecule has 2 aliphatic heterocycles. The predicted molar refractivity (Wildman–Crippen MR) is 79.2 cm³/mol. The highest BCUT2D eigenvalue weighted by Gasteiger charge is 2.45. The number of hydrogen-bond donors (Lipinski definition) is 1. The lowest BCUT2D eigenvalue weighted by atomic mass is 9.92. The van der Waals surface area contributed by atoms with E-state index < -0.39 is 12.0 Å². The van der Waals surface area contributed by atoms with Gasteiger partial charge in [0, 0.05) is 32.6 Å². The van der Waals surface area contributed by atoms with Crippen LogP contribution in [0.2, 0.25) is 0 Å².